The lowest BCUT2D eigenvalue weighted by atomic mass is 9.73. The Morgan fingerprint density at radius 2 is 1.92 bits per heavy atom. The van der Waals surface area contributed by atoms with Crippen molar-refractivity contribution in [2.24, 2.45) is 0 Å². The number of piperidine rings is 1. The molecule has 2 aliphatic rings. The number of aromatic nitrogens is 2. The van der Waals surface area contributed by atoms with Crippen molar-refractivity contribution in [1.29, 1.82) is 0 Å². The fraction of sp³-hybridized carbons (Fsp3) is 0.294. The number of anilines is 1. The molecule has 24 heavy (non-hydrogen) atoms. The number of para-hydroxylation sites is 1. The second-order valence-corrected chi connectivity index (χ2v) is 6.17. The minimum absolute atomic E-state index is 0.0120. The number of hydrogen-bond donors (Lipinski definition) is 2. The second-order valence-electron chi connectivity index (χ2n) is 6.17. The third-order valence-corrected chi connectivity index (χ3v) is 4.92. The number of aromatic amines is 1. The maximum Gasteiger partial charge on any atom is 0.273 e. The number of nitrogens with zero attached hydrogens (tertiary/aromatic N) is 2. The van der Waals surface area contributed by atoms with Crippen LogP contribution in [0.2, 0.25) is 0 Å². The van der Waals surface area contributed by atoms with Crippen LogP contribution in [0, 0.1) is 0 Å². The van der Waals surface area contributed by atoms with Gasteiger partial charge in [-0.05, 0) is 24.5 Å². The maximum absolute atomic E-state index is 12.5. The first-order chi connectivity index (χ1) is 11.6. The monoisotopic (exact) mass is 324 g/mol. The molecule has 4 rings (SSSR count). The number of benzene rings is 1. The Bertz CT molecular complexity index is 861. The van der Waals surface area contributed by atoms with E-state index in [4.69, 9.17) is 0 Å². The predicted octanol–water partition coefficient (Wildman–Crippen LogP) is 0.896. The maximum atomic E-state index is 12.5. The zero-order valence-electron chi connectivity index (χ0n) is 12.9. The SMILES string of the molecule is O=C(c1c[nH]c(=O)cn1)N1CCC2(CC1)C(=O)Nc1ccccc12. The molecular formula is C17H16N4O3. The van der Waals surface area contributed by atoms with Crippen molar-refractivity contribution in [2.75, 3.05) is 18.4 Å². The van der Waals surface area contributed by atoms with Crippen LogP contribution in [0.25, 0.3) is 0 Å². The predicted molar refractivity (Wildman–Crippen MR) is 86.7 cm³/mol. The standard InChI is InChI=1S/C17H16N4O3/c22-14-10-18-13(9-19-14)15(23)21-7-5-17(6-8-21)11-3-1-2-4-12(11)20-16(17)24/h1-4,9-10H,5-8H2,(H,19,22)(H,20,24). The highest BCUT2D eigenvalue weighted by Gasteiger charge is 2.48. The summed E-state index contributed by atoms with van der Waals surface area (Å²) in [5, 5.41) is 2.95. The van der Waals surface area contributed by atoms with Gasteiger partial charge in [-0.15, -0.1) is 0 Å². The first kappa shape index (κ1) is 14.6. The molecule has 2 aromatic rings. The first-order valence-corrected chi connectivity index (χ1v) is 7.85. The van der Waals surface area contributed by atoms with Gasteiger partial charge in [-0.2, -0.15) is 0 Å². The van der Waals surface area contributed by atoms with E-state index in [0.717, 1.165) is 17.4 Å². The Kier molecular flexibility index (Phi) is 3.23. The van der Waals surface area contributed by atoms with Crippen molar-refractivity contribution < 1.29 is 9.59 Å². The molecule has 1 aromatic carbocycles. The molecule has 0 atom stereocenters. The van der Waals surface area contributed by atoms with Crippen molar-refractivity contribution in [2.45, 2.75) is 18.3 Å². The summed E-state index contributed by atoms with van der Waals surface area (Å²) in [6.45, 7) is 0.947. The van der Waals surface area contributed by atoms with Gasteiger partial charge in [0.05, 0.1) is 11.6 Å². The van der Waals surface area contributed by atoms with E-state index in [-0.39, 0.29) is 23.1 Å². The van der Waals surface area contributed by atoms with E-state index in [9.17, 15) is 14.4 Å². The third kappa shape index (κ3) is 2.12. The highest BCUT2D eigenvalue weighted by molar-refractivity contribution is 6.06. The van der Waals surface area contributed by atoms with E-state index < -0.39 is 5.41 Å². The Morgan fingerprint density at radius 3 is 2.62 bits per heavy atom. The van der Waals surface area contributed by atoms with E-state index in [1.54, 1.807) is 4.90 Å². The van der Waals surface area contributed by atoms with E-state index in [1.807, 2.05) is 24.3 Å². The van der Waals surface area contributed by atoms with Crippen molar-refractivity contribution in [3.63, 3.8) is 0 Å². The molecule has 1 aromatic heterocycles. The van der Waals surface area contributed by atoms with Crippen molar-refractivity contribution >= 4 is 17.5 Å². The quantitative estimate of drug-likeness (QED) is 0.814. The molecule has 7 nitrogen and oxygen atoms in total. The molecule has 1 spiro atoms. The van der Waals surface area contributed by atoms with Gasteiger partial charge in [0.1, 0.15) is 5.69 Å². The normalized spacial score (nSPS) is 18.3. The summed E-state index contributed by atoms with van der Waals surface area (Å²) in [6, 6.07) is 7.72. The smallest absolute Gasteiger partial charge is 0.273 e. The van der Waals surface area contributed by atoms with Gasteiger partial charge in [0, 0.05) is 25.0 Å². The molecule has 2 amide bonds. The van der Waals surface area contributed by atoms with Crippen LogP contribution < -0.4 is 10.9 Å². The molecule has 0 radical (unpaired) electrons. The highest BCUT2D eigenvalue weighted by atomic mass is 16.2. The molecule has 1 saturated heterocycles. The molecule has 2 aliphatic heterocycles. The molecule has 3 heterocycles. The third-order valence-electron chi connectivity index (χ3n) is 4.92. The van der Waals surface area contributed by atoms with E-state index in [1.165, 1.54) is 6.20 Å². The molecule has 1 fully saturated rings. The van der Waals surface area contributed by atoms with Gasteiger partial charge in [-0.3, -0.25) is 14.4 Å². The molecular weight excluding hydrogens is 308 g/mol. The topological polar surface area (TPSA) is 95.2 Å². The van der Waals surface area contributed by atoms with Crippen LogP contribution in [0.4, 0.5) is 5.69 Å². The fourth-order valence-corrected chi connectivity index (χ4v) is 3.58. The van der Waals surface area contributed by atoms with Crippen LogP contribution in [0.1, 0.15) is 28.9 Å². The summed E-state index contributed by atoms with van der Waals surface area (Å²) < 4.78 is 0. The number of likely N-dealkylation sites (tertiary alicyclic amines) is 1. The van der Waals surface area contributed by atoms with Crippen molar-refractivity contribution in [1.82, 2.24) is 14.9 Å². The summed E-state index contributed by atoms with van der Waals surface area (Å²) in [4.78, 5) is 44.1. The molecule has 0 unspecified atom stereocenters. The lowest BCUT2D eigenvalue weighted by molar-refractivity contribution is -0.122. The lowest BCUT2D eigenvalue weighted by Crippen LogP contribution is -2.48. The Balaban J connectivity index is 1.55. The molecule has 0 saturated carbocycles. The van der Waals surface area contributed by atoms with Gasteiger partial charge in [0.15, 0.2) is 0 Å². The summed E-state index contributed by atoms with van der Waals surface area (Å²) in [6.07, 6.45) is 3.57. The number of nitrogens with one attached hydrogen (secondary N) is 2. The largest absolute Gasteiger partial charge is 0.337 e. The number of rotatable bonds is 1. The van der Waals surface area contributed by atoms with Gasteiger partial charge in [0.2, 0.25) is 5.91 Å². The Morgan fingerprint density at radius 1 is 1.17 bits per heavy atom. The number of hydrogen-bond acceptors (Lipinski definition) is 4. The van der Waals surface area contributed by atoms with E-state index in [0.29, 0.717) is 25.9 Å². The Labute approximate surface area is 137 Å². The minimum Gasteiger partial charge on any atom is -0.337 e. The summed E-state index contributed by atoms with van der Waals surface area (Å²) in [5.74, 6) is -0.217. The van der Waals surface area contributed by atoms with E-state index in [2.05, 4.69) is 15.3 Å². The van der Waals surface area contributed by atoms with Crippen LogP contribution in [-0.4, -0.2) is 39.8 Å². The van der Waals surface area contributed by atoms with Crippen molar-refractivity contribution in [3.8, 4) is 0 Å². The molecule has 7 heteroatoms. The first-order valence-electron chi connectivity index (χ1n) is 7.85. The molecule has 0 bridgehead atoms. The molecule has 122 valence electrons. The zero-order chi connectivity index (χ0) is 16.7. The van der Waals surface area contributed by atoms with Gasteiger partial charge in [-0.25, -0.2) is 4.98 Å². The second kappa shape index (κ2) is 5.30. The van der Waals surface area contributed by atoms with Gasteiger partial charge in [-0.1, -0.05) is 18.2 Å². The van der Waals surface area contributed by atoms with Gasteiger partial charge >= 0.3 is 0 Å². The fourth-order valence-electron chi connectivity index (χ4n) is 3.58. The van der Waals surface area contributed by atoms with Crippen LogP contribution in [0.15, 0.2) is 41.5 Å². The van der Waals surface area contributed by atoms with Gasteiger partial charge < -0.3 is 15.2 Å². The van der Waals surface area contributed by atoms with Crippen LogP contribution in [0.3, 0.4) is 0 Å². The summed E-state index contributed by atoms with van der Waals surface area (Å²) in [5.41, 5.74) is 1.20. The van der Waals surface area contributed by atoms with Crippen LogP contribution in [0.5, 0.6) is 0 Å². The van der Waals surface area contributed by atoms with Gasteiger partial charge in [0.25, 0.3) is 11.5 Å². The summed E-state index contributed by atoms with van der Waals surface area (Å²) in [7, 11) is 0. The number of fused-ring (bicyclic) bond motifs is 2. The molecule has 2 N–H and O–H groups in total. The average Bonchev–Trinajstić information content (AvgIpc) is 2.88. The molecule has 0 aliphatic carbocycles. The average molecular weight is 324 g/mol. The number of carbonyl (C=O) groups excluding carboxylic acids is 2. The highest BCUT2D eigenvalue weighted by Crippen LogP contribution is 2.44. The zero-order valence-corrected chi connectivity index (χ0v) is 12.9. The lowest BCUT2D eigenvalue weighted by Gasteiger charge is -2.37. The van der Waals surface area contributed by atoms with Crippen LogP contribution in [-0.2, 0) is 10.2 Å². The number of carbonyl (C=O) groups is 2. The van der Waals surface area contributed by atoms with Crippen LogP contribution >= 0.6 is 0 Å². The summed E-state index contributed by atoms with van der Waals surface area (Å²) >= 11 is 0. The number of amides is 2. The minimum atomic E-state index is -0.550. The Hall–Kier alpha value is -2.96. The number of H-pyrrole nitrogens is 1. The van der Waals surface area contributed by atoms with Crippen molar-refractivity contribution in [3.05, 3.63) is 58.3 Å². The van der Waals surface area contributed by atoms with E-state index >= 15 is 0 Å².